The van der Waals surface area contributed by atoms with E-state index >= 15 is 0 Å². The van der Waals surface area contributed by atoms with Gasteiger partial charge < -0.3 is 5.11 Å². The normalized spacial score (nSPS) is 13.9. The highest BCUT2D eigenvalue weighted by molar-refractivity contribution is 7.42. The summed E-state index contributed by atoms with van der Waals surface area (Å²) in [5.41, 5.74) is 0. The highest BCUT2D eigenvalue weighted by atomic mass is 31.1. The molecule has 0 spiro atoms. The maximum atomic E-state index is 13.1. The third-order valence-electron chi connectivity index (χ3n) is 1.45. The maximum Gasteiger partial charge on any atom is 0.168 e. The second-order valence-corrected chi connectivity index (χ2v) is 4.13. The Bertz CT molecular complexity index is 319. The summed E-state index contributed by atoms with van der Waals surface area (Å²) in [5, 5.41) is 6.44. The van der Waals surface area contributed by atoms with Crippen molar-refractivity contribution in [2.45, 2.75) is 34.1 Å². The van der Waals surface area contributed by atoms with Crippen molar-refractivity contribution in [3.8, 4) is 0 Å². The minimum atomic E-state index is -1.33. The van der Waals surface area contributed by atoms with Gasteiger partial charge in [-0.1, -0.05) is 28.8 Å². The lowest BCUT2D eigenvalue weighted by molar-refractivity contribution is 0.399. The minimum absolute atomic E-state index is 0.351. The Morgan fingerprint density at radius 1 is 1.05 bits per heavy atom. The molecule has 0 aromatic carbocycles. The molecule has 0 aromatic heterocycles. The molecular formula is C13H23F4OP. The largest absolute Gasteiger partial charge is 0.400 e. The van der Waals surface area contributed by atoms with E-state index in [9.17, 15) is 17.6 Å². The summed E-state index contributed by atoms with van der Waals surface area (Å²) in [7, 11) is 0.649. The zero-order chi connectivity index (χ0) is 16.0. The summed E-state index contributed by atoms with van der Waals surface area (Å²) in [6.45, 7) is 7.83. The number of hydrogen-bond donors (Lipinski definition) is 1. The Hall–Kier alpha value is -0.670. The van der Waals surface area contributed by atoms with E-state index in [1.807, 2.05) is 0 Å². The second kappa shape index (κ2) is 15.4. The Balaban J connectivity index is -0.000000445. The van der Waals surface area contributed by atoms with Crippen molar-refractivity contribution in [3.05, 3.63) is 34.7 Å². The van der Waals surface area contributed by atoms with Crippen LogP contribution in [0, 0.1) is 0 Å². The lowest BCUT2D eigenvalue weighted by Crippen LogP contribution is -1.86. The van der Waals surface area contributed by atoms with Crippen LogP contribution in [0.5, 0.6) is 0 Å². The highest BCUT2D eigenvalue weighted by Gasteiger charge is 2.16. The van der Waals surface area contributed by atoms with Gasteiger partial charge >= 0.3 is 0 Å². The molecule has 0 aromatic rings. The molecular weight excluding hydrogens is 279 g/mol. The molecule has 0 aliphatic rings. The molecule has 0 heterocycles. The van der Waals surface area contributed by atoms with Crippen LogP contribution in [-0.2, 0) is 0 Å². The van der Waals surface area contributed by atoms with E-state index in [0.29, 0.717) is 0 Å². The van der Waals surface area contributed by atoms with Gasteiger partial charge in [0.15, 0.2) is 17.5 Å². The molecule has 0 bridgehead atoms. The average Bonchev–Trinajstić information content (AvgIpc) is 2.41. The van der Waals surface area contributed by atoms with Gasteiger partial charge in [-0.3, -0.25) is 0 Å². The first-order valence-corrected chi connectivity index (χ1v) is 7.23. The Labute approximate surface area is 114 Å². The third-order valence-corrected chi connectivity index (χ3v) is 2.39. The van der Waals surface area contributed by atoms with Gasteiger partial charge in [-0.25, -0.2) is 17.6 Å². The zero-order valence-electron chi connectivity index (χ0n) is 12.2. The third kappa shape index (κ3) is 10.9. The van der Waals surface area contributed by atoms with Crippen LogP contribution >= 0.6 is 8.58 Å². The molecule has 0 fully saturated rings. The van der Waals surface area contributed by atoms with E-state index in [4.69, 9.17) is 5.11 Å². The van der Waals surface area contributed by atoms with E-state index in [2.05, 4.69) is 13.8 Å². The van der Waals surface area contributed by atoms with Crippen molar-refractivity contribution < 1.29 is 22.7 Å². The van der Waals surface area contributed by atoms with E-state index in [-0.39, 0.29) is 8.58 Å². The fourth-order valence-corrected chi connectivity index (χ4v) is 1.46. The molecule has 1 N–H and O–H groups in total. The first kappa shape index (κ1) is 23.4. The lowest BCUT2D eigenvalue weighted by Gasteiger charge is -2.03. The van der Waals surface area contributed by atoms with Crippen LogP contribution in [0.15, 0.2) is 34.7 Å². The van der Waals surface area contributed by atoms with Crippen molar-refractivity contribution in [2.24, 2.45) is 0 Å². The van der Waals surface area contributed by atoms with Crippen molar-refractivity contribution >= 4 is 8.58 Å². The first-order chi connectivity index (χ1) is 8.87. The Morgan fingerprint density at radius 3 is 1.63 bits per heavy atom. The van der Waals surface area contributed by atoms with Crippen LogP contribution in [-0.4, -0.2) is 18.9 Å². The fourth-order valence-electron chi connectivity index (χ4n) is 0.734. The molecule has 6 heteroatoms. The van der Waals surface area contributed by atoms with Gasteiger partial charge in [0.25, 0.3) is 0 Å². The summed E-state index contributed by atoms with van der Waals surface area (Å²) < 4.78 is 51.2. The summed E-state index contributed by atoms with van der Waals surface area (Å²) >= 11 is 0. The van der Waals surface area contributed by atoms with Crippen molar-refractivity contribution in [3.63, 3.8) is 0 Å². The molecule has 0 aliphatic carbocycles. The number of rotatable bonds is 3. The van der Waals surface area contributed by atoms with E-state index in [0.717, 1.165) is 20.1 Å². The van der Waals surface area contributed by atoms with Crippen LogP contribution in [0.2, 0.25) is 0 Å². The van der Waals surface area contributed by atoms with Gasteiger partial charge in [-0.2, -0.15) is 0 Å². The molecule has 0 radical (unpaired) electrons. The van der Waals surface area contributed by atoms with Gasteiger partial charge in [0.2, 0.25) is 0 Å². The van der Waals surface area contributed by atoms with Crippen LogP contribution in [0.1, 0.15) is 34.1 Å². The molecule has 114 valence electrons. The smallest absolute Gasteiger partial charge is 0.168 e. The number of allylic oxidation sites excluding steroid dienone is 6. The summed E-state index contributed by atoms with van der Waals surface area (Å²) in [6.07, 6.45) is 2.11. The minimum Gasteiger partial charge on any atom is -0.400 e. The lowest BCUT2D eigenvalue weighted by atomic mass is 10.3. The molecule has 1 nitrogen and oxygen atoms in total. The van der Waals surface area contributed by atoms with Crippen LogP contribution in [0.25, 0.3) is 0 Å². The number of halogens is 4. The zero-order valence-corrected chi connectivity index (χ0v) is 13.2. The van der Waals surface area contributed by atoms with Crippen molar-refractivity contribution in [1.29, 1.82) is 0 Å². The van der Waals surface area contributed by atoms with Crippen molar-refractivity contribution in [2.75, 3.05) is 13.8 Å². The molecule has 0 amide bonds. The molecule has 19 heavy (non-hydrogen) atoms. The predicted octanol–water partition coefficient (Wildman–Crippen LogP) is 5.54. The molecule has 0 saturated carbocycles. The summed E-state index contributed by atoms with van der Waals surface area (Å²) in [6, 6.07) is 0. The average molecular weight is 302 g/mol. The van der Waals surface area contributed by atoms with Crippen molar-refractivity contribution in [1.82, 2.24) is 0 Å². The monoisotopic (exact) mass is 302 g/mol. The maximum absolute atomic E-state index is 13.1. The standard InChI is InChI=1S/C9H11F4P.C3H8.CH4O/c1-4-6(11)8(13)9(14-3)7(12)5(2)10;1-3-2;1-2/h4,14H,1-3H3;3H2,1-2H3;2H,1H3/b6-4-,7-5-,9-8-;;. The first-order valence-electron chi connectivity index (χ1n) is 5.73. The van der Waals surface area contributed by atoms with E-state index < -0.39 is 28.6 Å². The Morgan fingerprint density at radius 2 is 1.42 bits per heavy atom. The SMILES string of the molecule is C/C=C(F)/C(F)=C(PC)\C(F)=C(/C)F.CCC.CO. The quantitative estimate of drug-likeness (QED) is 0.412. The van der Waals surface area contributed by atoms with Crippen LogP contribution in [0.3, 0.4) is 0 Å². The summed E-state index contributed by atoms with van der Waals surface area (Å²) in [4.78, 5) is 0. The van der Waals surface area contributed by atoms with Gasteiger partial charge in [0.05, 0.1) is 0 Å². The van der Waals surface area contributed by atoms with Gasteiger partial charge in [-0.05, 0) is 26.6 Å². The van der Waals surface area contributed by atoms with Gasteiger partial charge in [0.1, 0.15) is 5.83 Å². The molecule has 0 rings (SSSR count). The fraction of sp³-hybridized carbons (Fsp3) is 0.538. The number of aliphatic hydroxyl groups excluding tert-OH is 1. The topological polar surface area (TPSA) is 20.2 Å². The molecule has 1 atom stereocenters. The number of hydrogen-bond acceptors (Lipinski definition) is 1. The van der Waals surface area contributed by atoms with Crippen LogP contribution in [0.4, 0.5) is 17.6 Å². The number of aliphatic hydroxyl groups is 1. The predicted molar refractivity (Wildman–Crippen MR) is 76.3 cm³/mol. The molecule has 1 unspecified atom stereocenters. The van der Waals surface area contributed by atoms with Gasteiger partial charge in [-0.15, -0.1) is 0 Å². The van der Waals surface area contributed by atoms with E-state index in [1.54, 1.807) is 0 Å². The molecule has 0 saturated heterocycles. The van der Waals surface area contributed by atoms with Crippen LogP contribution < -0.4 is 0 Å². The summed E-state index contributed by atoms with van der Waals surface area (Å²) in [5.74, 6) is -4.97. The Kier molecular flexibility index (Phi) is 19.0. The second-order valence-electron chi connectivity index (χ2n) is 3.13. The van der Waals surface area contributed by atoms with Gasteiger partial charge in [0, 0.05) is 12.4 Å². The van der Waals surface area contributed by atoms with E-state index in [1.165, 1.54) is 20.0 Å². The molecule has 0 aliphatic heterocycles. The highest BCUT2D eigenvalue weighted by Crippen LogP contribution is 2.36.